The van der Waals surface area contributed by atoms with Crippen LogP contribution in [-0.2, 0) is 4.79 Å². The van der Waals surface area contributed by atoms with Gasteiger partial charge in [-0.3, -0.25) is 0 Å². The second kappa shape index (κ2) is 8.79. The van der Waals surface area contributed by atoms with Crippen LogP contribution in [0.4, 0.5) is 4.79 Å². The molecule has 2 amide bonds. The molecule has 0 spiro atoms. The summed E-state index contributed by atoms with van der Waals surface area (Å²) in [6.45, 7) is 3.23. The van der Waals surface area contributed by atoms with E-state index >= 15 is 0 Å². The van der Waals surface area contributed by atoms with Crippen LogP contribution in [0.5, 0.6) is 0 Å². The zero-order valence-corrected chi connectivity index (χ0v) is 12.5. The number of aliphatic carboxylic acids is 1. The first kappa shape index (κ1) is 16.8. The van der Waals surface area contributed by atoms with E-state index in [1.807, 2.05) is 6.92 Å². The van der Waals surface area contributed by atoms with Crippen molar-refractivity contribution < 1.29 is 14.7 Å². The molecule has 0 heterocycles. The first-order valence-electron chi connectivity index (χ1n) is 7.52. The van der Waals surface area contributed by atoms with Crippen molar-refractivity contribution in [2.75, 3.05) is 20.1 Å². The highest BCUT2D eigenvalue weighted by molar-refractivity contribution is 5.82. The van der Waals surface area contributed by atoms with Gasteiger partial charge in [0.1, 0.15) is 6.04 Å². The second-order valence-corrected chi connectivity index (χ2v) is 5.50. The average Bonchev–Trinajstić information content (AvgIpc) is 2.91. The van der Waals surface area contributed by atoms with Crippen LogP contribution in [0.2, 0.25) is 0 Å². The highest BCUT2D eigenvalue weighted by Crippen LogP contribution is 2.21. The maximum absolute atomic E-state index is 11.6. The van der Waals surface area contributed by atoms with Gasteiger partial charge in [0.25, 0.3) is 0 Å². The third-order valence-electron chi connectivity index (χ3n) is 3.88. The summed E-state index contributed by atoms with van der Waals surface area (Å²) in [5.74, 6) is -0.981. The van der Waals surface area contributed by atoms with E-state index in [0.717, 1.165) is 13.0 Å². The molecule has 1 rings (SSSR count). The fourth-order valence-electron chi connectivity index (χ4n) is 2.63. The minimum absolute atomic E-state index is 0.398. The summed E-state index contributed by atoms with van der Waals surface area (Å²) in [4.78, 5) is 24.8. The maximum atomic E-state index is 11.6. The summed E-state index contributed by atoms with van der Waals surface area (Å²) >= 11 is 0. The molecule has 0 aromatic carbocycles. The molecular formula is C14H27N3O3. The summed E-state index contributed by atoms with van der Waals surface area (Å²) in [5, 5.41) is 14.2. The van der Waals surface area contributed by atoms with Gasteiger partial charge in [-0.05, 0) is 26.3 Å². The van der Waals surface area contributed by atoms with Crippen LogP contribution in [0, 0.1) is 0 Å². The van der Waals surface area contributed by atoms with Gasteiger partial charge in [0.2, 0.25) is 0 Å². The van der Waals surface area contributed by atoms with Crippen molar-refractivity contribution in [3.8, 4) is 0 Å². The van der Waals surface area contributed by atoms with Crippen molar-refractivity contribution in [3.05, 3.63) is 0 Å². The Labute approximate surface area is 120 Å². The molecule has 20 heavy (non-hydrogen) atoms. The number of carboxylic acids is 1. The summed E-state index contributed by atoms with van der Waals surface area (Å²) < 4.78 is 0. The smallest absolute Gasteiger partial charge is 0.326 e. The fraction of sp³-hybridized carbons (Fsp3) is 0.857. The van der Waals surface area contributed by atoms with Crippen LogP contribution >= 0.6 is 0 Å². The molecule has 0 bridgehead atoms. The van der Waals surface area contributed by atoms with Crippen LogP contribution in [0.15, 0.2) is 0 Å². The quantitative estimate of drug-likeness (QED) is 0.630. The number of nitrogens with zero attached hydrogens (tertiary/aromatic N) is 1. The van der Waals surface area contributed by atoms with E-state index in [4.69, 9.17) is 5.11 Å². The molecule has 1 saturated carbocycles. The van der Waals surface area contributed by atoms with Gasteiger partial charge in [0.15, 0.2) is 0 Å². The molecule has 0 aromatic rings. The van der Waals surface area contributed by atoms with Gasteiger partial charge >= 0.3 is 12.0 Å². The largest absolute Gasteiger partial charge is 0.480 e. The molecule has 1 atom stereocenters. The van der Waals surface area contributed by atoms with Crippen LogP contribution in [-0.4, -0.2) is 54.2 Å². The maximum Gasteiger partial charge on any atom is 0.326 e. The van der Waals surface area contributed by atoms with E-state index in [-0.39, 0.29) is 0 Å². The lowest BCUT2D eigenvalue weighted by Crippen LogP contribution is -2.47. The van der Waals surface area contributed by atoms with Crippen molar-refractivity contribution in [3.63, 3.8) is 0 Å². The number of carbonyl (C=O) groups is 2. The normalized spacial score (nSPS) is 17.1. The third-order valence-corrected chi connectivity index (χ3v) is 3.88. The zero-order valence-electron chi connectivity index (χ0n) is 12.5. The lowest BCUT2D eigenvalue weighted by molar-refractivity contribution is -0.139. The SMILES string of the molecule is CCC[C@H](NC(=O)NCCN(C)C1CCCC1)C(=O)O. The number of amides is 2. The van der Waals surface area contributed by atoms with Crippen molar-refractivity contribution in [2.45, 2.75) is 57.5 Å². The van der Waals surface area contributed by atoms with E-state index in [0.29, 0.717) is 19.0 Å². The van der Waals surface area contributed by atoms with Crippen molar-refractivity contribution in [2.24, 2.45) is 0 Å². The van der Waals surface area contributed by atoms with Gasteiger partial charge in [-0.1, -0.05) is 26.2 Å². The van der Waals surface area contributed by atoms with E-state index in [9.17, 15) is 9.59 Å². The van der Waals surface area contributed by atoms with Crippen molar-refractivity contribution in [1.82, 2.24) is 15.5 Å². The van der Waals surface area contributed by atoms with E-state index in [1.54, 1.807) is 0 Å². The minimum Gasteiger partial charge on any atom is -0.480 e. The van der Waals surface area contributed by atoms with E-state index < -0.39 is 18.0 Å². The standard InChI is InChI=1S/C14H27N3O3/c1-3-6-12(13(18)19)16-14(20)15-9-10-17(2)11-7-4-5-8-11/h11-12H,3-10H2,1-2H3,(H,18,19)(H2,15,16,20)/t12-/m0/s1. The molecule has 1 fully saturated rings. The second-order valence-electron chi connectivity index (χ2n) is 5.50. The molecule has 1 aliphatic carbocycles. The monoisotopic (exact) mass is 285 g/mol. The average molecular weight is 285 g/mol. The van der Waals surface area contributed by atoms with Gasteiger partial charge in [0, 0.05) is 19.1 Å². The van der Waals surface area contributed by atoms with Crippen LogP contribution in [0.1, 0.15) is 45.4 Å². The molecular weight excluding hydrogens is 258 g/mol. The molecule has 0 aliphatic heterocycles. The minimum atomic E-state index is -0.981. The first-order valence-corrected chi connectivity index (χ1v) is 7.52. The summed E-state index contributed by atoms with van der Waals surface area (Å²) in [6, 6.07) is -0.565. The van der Waals surface area contributed by atoms with E-state index in [1.165, 1.54) is 25.7 Å². The van der Waals surface area contributed by atoms with Gasteiger partial charge < -0.3 is 20.6 Å². The molecule has 0 unspecified atom stereocenters. The topological polar surface area (TPSA) is 81.7 Å². The number of hydrogen-bond donors (Lipinski definition) is 3. The molecule has 3 N–H and O–H groups in total. The van der Waals surface area contributed by atoms with Crippen molar-refractivity contribution >= 4 is 12.0 Å². The fourth-order valence-corrected chi connectivity index (χ4v) is 2.63. The Kier molecular flexibility index (Phi) is 7.36. The Morgan fingerprint density at radius 3 is 2.55 bits per heavy atom. The zero-order chi connectivity index (χ0) is 15.0. The van der Waals surface area contributed by atoms with Gasteiger partial charge in [-0.15, -0.1) is 0 Å². The number of likely N-dealkylation sites (N-methyl/N-ethyl adjacent to an activating group) is 1. The van der Waals surface area contributed by atoms with Gasteiger partial charge in [-0.25, -0.2) is 9.59 Å². The summed E-state index contributed by atoms with van der Waals surface area (Å²) in [7, 11) is 2.08. The number of rotatable bonds is 8. The number of carboxylic acid groups (broad SMARTS) is 1. The predicted molar refractivity (Wildman–Crippen MR) is 77.8 cm³/mol. The molecule has 0 radical (unpaired) electrons. The predicted octanol–water partition coefficient (Wildman–Crippen LogP) is 1.41. The van der Waals surface area contributed by atoms with E-state index in [2.05, 4.69) is 22.6 Å². The molecule has 6 nitrogen and oxygen atoms in total. The number of urea groups is 1. The van der Waals surface area contributed by atoms with Crippen LogP contribution in [0.25, 0.3) is 0 Å². The number of hydrogen-bond acceptors (Lipinski definition) is 3. The Morgan fingerprint density at radius 1 is 1.35 bits per heavy atom. The first-order chi connectivity index (χ1) is 9.54. The summed E-state index contributed by atoms with van der Waals surface area (Å²) in [6.07, 6.45) is 6.23. The highest BCUT2D eigenvalue weighted by atomic mass is 16.4. The van der Waals surface area contributed by atoms with Crippen LogP contribution in [0.3, 0.4) is 0 Å². The molecule has 6 heteroatoms. The summed E-state index contributed by atoms with van der Waals surface area (Å²) in [5.41, 5.74) is 0. The third kappa shape index (κ3) is 5.77. The van der Waals surface area contributed by atoms with Crippen molar-refractivity contribution in [1.29, 1.82) is 0 Å². The van der Waals surface area contributed by atoms with Gasteiger partial charge in [0.05, 0.1) is 0 Å². The Balaban J connectivity index is 2.19. The van der Waals surface area contributed by atoms with Crippen LogP contribution < -0.4 is 10.6 Å². The molecule has 1 aliphatic rings. The molecule has 116 valence electrons. The lowest BCUT2D eigenvalue weighted by atomic mass is 10.2. The van der Waals surface area contributed by atoms with Gasteiger partial charge in [-0.2, -0.15) is 0 Å². The Bertz CT molecular complexity index is 317. The molecule has 0 saturated heterocycles. The number of nitrogens with one attached hydrogen (secondary N) is 2. The number of carbonyl (C=O) groups excluding carboxylic acids is 1. The Morgan fingerprint density at radius 2 is 2.00 bits per heavy atom. The molecule has 0 aromatic heterocycles. The highest BCUT2D eigenvalue weighted by Gasteiger charge is 2.20. The lowest BCUT2D eigenvalue weighted by Gasteiger charge is -2.24. The Hall–Kier alpha value is -1.30.